The number of primary amides is 1. The fourth-order valence-corrected chi connectivity index (χ4v) is 7.40. The normalized spacial score (nSPS) is 12.8. The maximum absolute atomic E-state index is 13.9. The van der Waals surface area contributed by atoms with Crippen LogP contribution in [0.15, 0.2) is 93.9 Å². The zero-order chi connectivity index (χ0) is 43.0. The Bertz CT molecular complexity index is 3000. The molecule has 2 N–H and O–H groups in total. The molecule has 3 aromatic carbocycles. The van der Waals surface area contributed by atoms with Gasteiger partial charge in [0.2, 0.25) is 17.1 Å². The lowest BCUT2D eigenvalue weighted by Crippen LogP contribution is -2.28. The maximum atomic E-state index is 13.9. The summed E-state index contributed by atoms with van der Waals surface area (Å²) in [5.74, 6) is -1.26. The van der Waals surface area contributed by atoms with Crippen LogP contribution in [0, 0.1) is 19.7 Å². The number of nitrogens with two attached hydrogens (primary N) is 1. The number of imidazole rings is 2. The number of hydrogen-bond acceptors (Lipinski definition) is 6. The number of para-hydroxylation sites is 1. The van der Waals surface area contributed by atoms with Crippen LogP contribution in [-0.4, -0.2) is 55.6 Å². The van der Waals surface area contributed by atoms with Crippen molar-refractivity contribution >= 4 is 39.8 Å². The Labute approximate surface area is 345 Å². The second kappa shape index (κ2) is 16.6. The Balaban J connectivity index is 1.37. The van der Waals surface area contributed by atoms with Crippen molar-refractivity contribution < 1.29 is 23.5 Å². The fraction of sp³-hybridized carbons (Fsp3) is 0.295. The molecule has 15 nitrogen and oxygen atoms in total. The molecule has 7 rings (SSSR count). The number of ether oxygens (including phenoxy) is 1. The molecular weight excluding hydrogens is 766 g/mol. The molecule has 7 aromatic rings. The second-order valence-corrected chi connectivity index (χ2v) is 14.9. The summed E-state index contributed by atoms with van der Waals surface area (Å²) in [4.78, 5) is 49.3. The number of halogens is 1. The molecule has 0 radical (unpaired) electrons. The van der Waals surface area contributed by atoms with Gasteiger partial charge < -0.3 is 28.7 Å². The van der Waals surface area contributed by atoms with Gasteiger partial charge in [0, 0.05) is 45.8 Å². The molecule has 16 heteroatoms. The van der Waals surface area contributed by atoms with E-state index in [0.717, 1.165) is 27.7 Å². The Morgan fingerprint density at radius 1 is 0.717 bits per heavy atom. The lowest BCUT2D eigenvalue weighted by Gasteiger charge is -2.14. The number of amides is 3. The quantitative estimate of drug-likeness (QED) is 0.156. The molecule has 0 aliphatic carbocycles. The van der Waals surface area contributed by atoms with Gasteiger partial charge in [0.1, 0.15) is 35.1 Å². The van der Waals surface area contributed by atoms with Crippen LogP contribution in [0.2, 0.25) is 0 Å². The second-order valence-electron chi connectivity index (χ2n) is 14.9. The van der Waals surface area contributed by atoms with Gasteiger partial charge in [-0.05, 0) is 102 Å². The van der Waals surface area contributed by atoms with Crippen LogP contribution >= 0.6 is 0 Å². The van der Waals surface area contributed by atoms with Crippen molar-refractivity contribution in [2.75, 3.05) is 0 Å². The highest BCUT2D eigenvalue weighted by Gasteiger charge is 2.21. The largest absolute Gasteiger partial charge is 0.487 e. The number of aromatic nitrogens is 8. The molecule has 0 atom stereocenters. The monoisotopic (exact) mass is 813 g/mol. The van der Waals surface area contributed by atoms with Crippen molar-refractivity contribution in [3.05, 3.63) is 135 Å². The van der Waals surface area contributed by atoms with E-state index in [4.69, 9.17) is 15.5 Å². The predicted molar refractivity (Wildman–Crippen MR) is 225 cm³/mol. The summed E-state index contributed by atoms with van der Waals surface area (Å²) in [6.45, 7) is 13.3. The van der Waals surface area contributed by atoms with E-state index < -0.39 is 17.7 Å². The van der Waals surface area contributed by atoms with Gasteiger partial charge in [-0.2, -0.15) is 20.2 Å². The molecule has 4 heterocycles. The molecule has 0 unspecified atom stereocenters. The lowest BCUT2D eigenvalue weighted by molar-refractivity contribution is 0.0977. The molecule has 310 valence electrons. The van der Waals surface area contributed by atoms with Crippen molar-refractivity contribution in [3.8, 4) is 5.75 Å². The van der Waals surface area contributed by atoms with Crippen LogP contribution in [0.25, 0.3) is 22.1 Å². The summed E-state index contributed by atoms with van der Waals surface area (Å²) in [5, 5.41) is 8.90. The van der Waals surface area contributed by atoms with Crippen molar-refractivity contribution in [2.45, 2.75) is 74.3 Å². The van der Waals surface area contributed by atoms with Crippen molar-refractivity contribution in [3.63, 3.8) is 0 Å². The van der Waals surface area contributed by atoms with E-state index in [-0.39, 0.29) is 12.4 Å². The smallest absolute Gasteiger partial charge is 0.298 e. The van der Waals surface area contributed by atoms with Crippen LogP contribution in [0.4, 0.5) is 4.39 Å². The van der Waals surface area contributed by atoms with Crippen molar-refractivity contribution in [2.24, 2.45) is 29.8 Å². The van der Waals surface area contributed by atoms with Crippen molar-refractivity contribution in [1.29, 1.82) is 0 Å². The minimum absolute atomic E-state index is 0.182. The van der Waals surface area contributed by atoms with Crippen LogP contribution in [-0.2, 0) is 46.9 Å². The summed E-state index contributed by atoms with van der Waals surface area (Å²) in [5.41, 5.74) is 14.5. The van der Waals surface area contributed by atoms with Gasteiger partial charge in [0.25, 0.3) is 11.8 Å². The van der Waals surface area contributed by atoms with Crippen LogP contribution in [0.3, 0.4) is 0 Å². The molecule has 4 aromatic heterocycles. The Hall–Kier alpha value is -7.10. The first-order chi connectivity index (χ1) is 28.7. The van der Waals surface area contributed by atoms with E-state index in [9.17, 15) is 18.8 Å². The molecule has 0 aliphatic rings. The molecule has 0 aliphatic heterocycles. The Morgan fingerprint density at radius 2 is 1.27 bits per heavy atom. The van der Waals surface area contributed by atoms with E-state index in [1.165, 1.54) is 12.1 Å². The SMILES string of the molecule is CCn1nc(C)cc1C(=O)/N=c1\n(C)c2cc(C(N)=O)ccc2n1C/C(C)=C(\C)Cn1/c(=N/C(=O)c2cc(C)nn2CC)n(C)c2cccc(OCc3ccc(F)cc3)c21. The summed E-state index contributed by atoms with van der Waals surface area (Å²) in [6.07, 6.45) is 0. The molecule has 0 fully saturated rings. The highest BCUT2D eigenvalue weighted by Crippen LogP contribution is 2.27. The van der Waals surface area contributed by atoms with Gasteiger partial charge in [-0.15, -0.1) is 0 Å². The minimum Gasteiger partial charge on any atom is -0.487 e. The van der Waals surface area contributed by atoms with Crippen molar-refractivity contribution in [1.82, 2.24) is 37.8 Å². The number of carbonyl (C=O) groups is 3. The molecule has 60 heavy (non-hydrogen) atoms. The van der Waals surface area contributed by atoms with E-state index in [2.05, 4.69) is 15.2 Å². The van der Waals surface area contributed by atoms with E-state index in [1.807, 2.05) is 80.5 Å². The van der Waals surface area contributed by atoms with E-state index in [1.54, 1.807) is 63.4 Å². The first kappa shape index (κ1) is 41.1. The number of aryl methyl sites for hydroxylation is 6. The average molecular weight is 814 g/mol. The molecule has 0 bridgehead atoms. The van der Waals surface area contributed by atoms with Gasteiger partial charge in [0.05, 0.1) is 27.9 Å². The number of rotatable bonds is 12. The van der Waals surface area contributed by atoms with Crippen LogP contribution < -0.4 is 21.7 Å². The summed E-state index contributed by atoms with van der Waals surface area (Å²) in [7, 11) is 3.65. The number of allylic oxidation sites excluding steroid dienone is 2. The van der Waals surface area contributed by atoms with Gasteiger partial charge in [-0.1, -0.05) is 29.3 Å². The Morgan fingerprint density at radius 3 is 1.83 bits per heavy atom. The molecule has 3 amide bonds. The highest BCUT2D eigenvalue weighted by atomic mass is 19.1. The third-order valence-corrected chi connectivity index (χ3v) is 10.7. The van der Waals surface area contributed by atoms with E-state index >= 15 is 0 Å². The number of carbonyl (C=O) groups excluding carboxylic acids is 3. The number of benzene rings is 3. The summed E-state index contributed by atoms with van der Waals surface area (Å²) >= 11 is 0. The number of hydrogen-bond donors (Lipinski definition) is 1. The minimum atomic E-state index is -0.574. The number of nitrogens with zero attached hydrogens (tertiary/aromatic N) is 10. The van der Waals surface area contributed by atoms with Gasteiger partial charge >= 0.3 is 0 Å². The van der Waals surface area contributed by atoms with Crippen LogP contribution in [0.5, 0.6) is 5.75 Å². The first-order valence-corrected chi connectivity index (χ1v) is 19.7. The lowest BCUT2D eigenvalue weighted by atomic mass is 10.1. The fourth-order valence-electron chi connectivity index (χ4n) is 7.40. The molecule has 0 saturated heterocycles. The number of fused-ring (bicyclic) bond motifs is 2. The molecular formula is C44H48FN11O4. The topological polar surface area (TPSA) is 167 Å². The predicted octanol–water partition coefficient (Wildman–Crippen LogP) is 5.66. The highest BCUT2D eigenvalue weighted by molar-refractivity contribution is 5.97. The average Bonchev–Trinajstić information content (AvgIpc) is 3.95. The van der Waals surface area contributed by atoms with Gasteiger partial charge in [-0.3, -0.25) is 23.7 Å². The zero-order valence-electron chi connectivity index (χ0n) is 35.0. The first-order valence-electron chi connectivity index (χ1n) is 19.7. The zero-order valence-corrected chi connectivity index (χ0v) is 35.0. The molecule has 0 saturated carbocycles. The molecule has 0 spiro atoms. The Kier molecular flexibility index (Phi) is 11.4. The standard InChI is InChI=1S/C44H48FN11O4/c1-9-55-36(20-28(5)49-55)41(58)47-43-52(8)35-22-31(40(46)57)16-19-33(35)53(43)23-26(3)27(4)24-54-39-34(12-11-13-38(39)60-25-30-14-17-32(45)18-15-30)51(7)44(54)48-42(59)37-21-29(6)50-56(37)10-2/h11-22H,9-10,23-25H2,1-8H3,(H2,46,57)/b27-26+,47-43+,48-44+. The van der Waals surface area contributed by atoms with Crippen LogP contribution in [0.1, 0.15) is 76.0 Å². The van der Waals surface area contributed by atoms with Gasteiger partial charge in [0.15, 0.2) is 0 Å². The third-order valence-electron chi connectivity index (χ3n) is 10.7. The van der Waals surface area contributed by atoms with Gasteiger partial charge in [-0.25, -0.2) is 4.39 Å². The van der Waals surface area contributed by atoms with E-state index in [0.29, 0.717) is 82.5 Å². The third kappa shape index (κ3) is 7.87. The summed E-state index contributed by atoms with van der Waals surface area (Å²) < 4.78 is 30.9. The summed E-state index contributed by atoms with van der Waals surface area (Å²) in [6, 6.07) is 20.4. The maximum Gasteiger partial charge on any atom is 0.298 e.